The van der Waals surface area contributed by atoms with Crippen molar-refractivity contribution >= 4 is 34.8 Å². The largest absolute Gasteiger partial charge is 0.380 e. The number of carbonyl (C=O) groups excluding carboxylic acids is 1. The van der Waals surface area contributed by atoms with Crippen molar-refractivity contribution in [1.82, 2.24) is 0 Å². The standard InChI is InChI=1S/C16H16Cl2N2O/c1-10(15(18)11-5-4-6-12(17)9-11)20-14-8-3-2-7-13(14)16(19)21/h2-10,15,20H,1H3,(H2,19,21)/t10-,15?/m1/s1. The minimum Gasteiger partial charge on any atom is -0.380 e. The zero-order valence-corrected chi connectivity index (χ0v) is 13.0. The quantitative estimate of drug-likeness (QED) is 0.810. The van der Waals surface area contributed by atoms with Crippen LogP contribution < -0.4 is 11.1 Å². The smallest absolute Gasteiger partial charge is 0.250 e. The van der Waals surface area contributed by atoms with Crippen molar-refractivity contribution in [3.63, 3.8) is 0 Å². The molecule has 0 saturated heterocycles. The van der Waals surface area contributed by atoms with Crippen LogP contribution in [0.4, 0.5) is 5.69 Å². The van der Waals surface area contributed by atoms with Gasteiger partial charge in [-0.05, 0) is 36.8 Å². The highest BCUT2D eigenvalue weighted by Gasteiger charge is 2.18. The lowest BCUT2D eigenvalue weighted by molar-refractivity contribution is 0.100. The average Bonchev–Trinajstić information content (AvgIpc) is 2.46. The summed E-state index contributed by atoms with van der Waals surface area (Å²) in [5.41, 5.74) is 7.40. The first-order valence-corrected chi connectivity index (χ1v) is 7.35. The van der Waals surface area contributed by atoms with Gasteiger partial charge in [-0.3, -0.25) is 4.79 Å². The molecule has 2 atom stereocenters. The number of para-hydroxylation sites is 1. The Bertz CT molecular complexity index is 646. The first-order valence-electron chi connectivity index (χ1n) is 6.54. The van der Waals surface area contributed by atoms with Gasteiger partial charge in [-0.2, -0.15) is 0 Å². The maximum atomic E-state index is 11.4. The summed E-state index contributed by atoms with van der Waals surface area (Å²) in [7, 11) is 0. The highest BCUT2D eigenvalue weighted by atomic mass is 35.5. The van der Waals surface area contributed by atoms with Gasteiger partial charge in [-0.25, -0.2) is 0 Å². The van der Waals surface area contributed by atoms with E-state index in [1.165, 1.54) is 0 Å². The summed E-state index contributed by atoms with van der Waals surface area (Å²) in [5.74, 6) is -0.473. The van der Waals surface area contributed by atoms with Crippen LogP contribution in [0.15, 0.2) is 48.5 Å². The number of nitrogens with two attached hydrogens (primary N) is 1. The van der Waals surface area contributed by atoms with Crippen LogP contribution in [0.5, 0.6) is 0 Å². The molecule has 0 aliphatic rings. The number of anilines is 1. The maximum Gasteiger partial charge on any atom is 0.250 e. The average molecular weight is 323 g/mol. The minimum absolute atomic E-state index is 0.106. The lowest BCUT2D eigenvalue weighted by Crippen LogP contribution is -2.23. The van der Waals surface area contributed by atoms with Gasteiger partial charge in [0.2, 0.25) is 0 Å². The molecular weight excluding hydrogens is 307 g/mol. The van der Waals surface area contributed by atoms with E-state index in [9.17, 15) is 4.79 Å². The van der Waals surface area contributed by atoms with E-state index < -0.39 is 5.91 Å². The lowest BCUT2D eigenvalue weighted by Gasteiger charge is -2.22. The van der Waals surface area contributed by atoms with E-state index in [1.807, 2.05) is 31.2 Å². The molecule has 3 N–H and O–H groups in total. The molecule has 110 valence electrons. The van der Waals surface area contributed by atoms with Gasteiger partial charge in [0.25, 0.3) is 5.91 Å². The van der Waals surface area contributed by atoms with E-state index >= 15 is 0 Å². The van der Waals surface area contributed by atoms with Gasteiger partial charge >= 0.3 is 0 Å². The second-order valence-corrected chi connectivity index (χ2v) is 5.71. The Hall–Kier alpha value is -1.71. The van der Waals surface area contributed by atoms with E-state index in [1.54, 1.807) is 24.3 Å². The Morgan fingerprint density at radius 3 is 2.57 bits per heavy atom. The van der Waals surface area contributed by atoms with Gasteiger partial charge in [-0.15, -0.1) is 11.6 Å². The summed E-state index contributed by atoms with van der Waals surface area (Å²) < 4.78 is 0. The third-order valence-electron chi connectivity index (χ3n) is 3.18. The molecule has 0 fully saturated rings. The topological polar surface area (TPSA) is 55.1 Å². The Morgan fingerprint density at radius 1 is 1.19 bits per heavy atom. The molecular formula is C16H16Cl2N2O. The monoisotopic (exact) mass is 322 g/mol. The minimum atomic E-state index is -0.473. The third-order valence-corrected chi connectivity index (χ3v) is 4.05. The van der Waals surface area contributed by atoms with Crippen LogP contribution in [0, 0.1) is 0 Å². The maximum absolute atomic E-state index is 11.4. The molecule has 0 radical (unpaired) electrons. The van der Waals surface area contributed by atoms with Crippen LogP contribution in [-0.2, 0) is 0 Å². The van der Waals surface area contributed by atoms with Crippen molar-refractivity contribution in [3.8, 4) is 0 Å². The zero-order chi connectivity index (χ0) is 15.4. The fourth-order valence-electron chi connectivity index (χ4n) is 2.11. The zero-order valence-electron chi connectivity index (χ0n) is 11.5. The van der Waals surface area contributed by atoms with E-state index in [0.29, 0.717) is 16.3 Å². The first kappa shape index (κ1) is 15.7. The Balaban J connectivity index is 2.18. The van der Waals surface area contributed by atoms with Gasteiger partial charge in [0.1, 0.15) is 0 Å². The molecule has 1 unspecified atom stereocenters. The van der Waals surface area contributed by atoms with Gasteiger partial charge in [-0.1, -0.05) is 35.9 Å². The van der Waals surface area contributed by atoms with E-state index in [2.05, 4.69) is 5.32 Å². The van der Waals surface area contributed by atoms with Crippen molar-refractivity contribution in [2.75, 3.05) is 5.32 Å². The number of carbonyl (C=O) groups is 1. The number of rotatable bonds is 5. The number of alkyl halides is 1. The number of halogens is 2. The van der Waals surface area contributed by atoms with E-state index in [4.69, 9.17) is 28.9 Å². The predicted octanol–water partition coefficient (Wildman–Crippen LogP) is 4.22. The molecule has 0 aliphatic heterocycles. The molecule has 5 heteroatoms. The van der Waals surface area contributed by atoms with Crippen LogP contribution in [0.2, 0.25) is 5.02 Å². The molecule has 3 nitrogen and oxygen atoms in total. The van der Waals surface area contributed by atoms with Crippen LogP contribution in [0.3, 0.4) is 0 Å². The van der Waals surface area contributed by atoms with Gasteiger partial charge < -0.3 is 11.1 Å². The summed E-state index contributed by atoms with van der Waals surface area (Å²) in [5, 5.41) is 3.59. The fraction of sp³-hybridized carbons (Fsp3) is 0.188. The predicted molar refractivity (Wildman–Crippen MR) is 88.1 cm³/mol. The number of primary amides is 1. The summed E-state index contributed by atoms with van der Waals surface area (Å²) >= 11 is 12.5. The molecule has 0 heterocycles. The summed E-state index contributed by atoms with van der Waals surface area (Å²) in [6.45, 7) is 1.94. The van der Waals surface area contributed by atoms with E-state index in [-0.39, 0.29) is 11.4 Å². The molecule has 0 spiro atoms. The molecule has 1 amide bonds. The molecule has 2 aromatic rings. The number of nitrogens with one attached hydrogen (secondary N) is 1. The van der Waals surface area contributed by atoms with Crippen LogP contribution in [-0.4, -0.2) is 11.9 Å². The summed E-state index contributed by atoms with van der Waals surface area (Å²) in [6.07, 6.45) is 0. The number of hydrogen-bond donors (Lipinski definition) is 2. The molecule has 2 rings (SSSR count). The molecule has 0 aliphatic carbocycles. The van der Waals surface area contributed by atoms with Gasteiger partial charge in [0, 0.05) is 16.8 Å². The molecule has 0 bridgehead atoms. The Kier molecular flexibility index (Phi) is 5.10. The fourth-order valence-corrected chi connectivity index (χ4v) is 2.51. The van der Waals surface area contributed by atoms with Crippen molar-refractivity contribution in [1.29, 1.82) is 0 Å². The van der Waals surface area contributed by atoms with Crippen molar-refractivity contribution < 1.29 is 4.79 Å². The van der Waals surface area contributed by atoms with Crippen molar-refractivity contribution in [2.24, 2.45) is 5.73 Å². The molecule has 0 aromatic heterocycles. The van der Waals surface area contributed by atoms with Gasteiger partial charge in [0.05, 0.1) is 10.9 Å². The van der Waals surface area contributed by atoms with Crippen LogP contribution in [0.25, 0.3) is 0 Å². The SMILES string of the molecule is C[C@@H](Nc1ccccc1C(N)=O)C(Cl)c1cccc(Cl)c1. The second kappa shape index (κ2) is 6.83. The Labute approximate surface area is 134 Å². The van der Waals surface area contributed by atoms with Crippen molar-refractivity contribution in [2.45, 2.75) is 18.3 Å². The number of benzene rings is 2. The molecule has 21 heavy (non-hydrogen) atoms. The normalized spacial score (nSPS) is 13.5. The first-order chi connectivity index (χ1) is 9.99. The van der Waals surface area contributed by atoms with Crippen LogP contribution in [0.1, 0.15) is 28.2 Å². The lowest BCUT2D eigenvalue weighted by atomic mass is 10.1. The third kappa shape index (κ3) is 3.90. The van der Waals surface area contributed by atoms with Gasteiger partial charge in [0.15, 0.2) is 0 Å². The van der Waals surface area contributed by atoms with Crippen molar-refractivity contribution in [3.05, 3.63) is 64.7 Å². The second-order valence-electron chi connectivity index (χ2n) is 4.80. The molecule has 0 saturated carbocycles. The summed E-state index contributed by atoms with van der Waals surface area (Å²) in [4.78, 5) is 11.4. The summed E-state index contributed by atoms with van der Waals surface area (Å²) in [6, 6.07) is 14.4. The molecule has 2 aromatic carbocycles. The highest BCUT2D eigenvalue weighted by Crippen LogP contribution is 2.29. The van der Waals surface area contributed by atoms with E-state index in [0.717, 1.165) is 5.56 Å². The number of hydrogen-bond acceptors (Lipinski definition) is 2. The van der Waals surface area contributed by atoms with Crippen LogP contribution >= 0.6 is 23.2 Å². The Morgan fingerprint density at radius 2 is 1.90 bits per heavy atom. The number of amides is 1. The highest BCUT2D eigenvalue weighted by molar-refractivity contribution is 6.30.